The second-order valence-corrected chi connectivity index (χ2v) is 7.02. The lowest BCUT2D eigenvalue weighted by molar-refractivity contribution is -0.385. The standard InChI is InChI=1S/C9H13N3O4S2/c1-18(15,16)3-2-17-9-5-7(11-10)4-8(6-9)12(13)14/h4-6,11H,2-3,10H2,1H3. The Morgan fingerprint density at radius 3 is 2.61 bits per heavy atom. The molecule has 100 valence electrons. The zero-order chi connectivity index (χ0) is 13.8. The zero-order valence-corrected chi connectivity index (χ0v) is 11.3. The number of hydrogen-bond acceptors (Lipinski definition) is 7. The van der Waals surface area contributed by atoms with Crippen LogP contribution in [0.2, 0.25) is 0 Å². The molecule has 0 saturated carbocycles. The van der Waals surface area contributed by atoms with Crippen molar-refractivity contribution in [2.75, 3.05) is 23.2 Å². The minimum atomic E-state index is -3.03. The zero-order valence-electron chi connectivity index (χ0n) is 9.62. The van der Waals surface area contributed by atoms with Crippen molar-refractivity contribution in [2.24, 2.45) is 5.84 Å². The van der Waals surface area contributed by atoms with Crippen LogP contribution in [0, 0.1) is 10.1 Å². The summed E-state index contributed by atoms with van der Waals surface area (Å²) >= 11 is 1.23. The lowest BCUT2D eigenvalue weighted by Crippen LogP contribution is -2.07. The second-order valence-electron chi connectivity index (χ2n) is 3.60. The van der Waals surface area contributed by atoms with Gasteiger partial charge in [0.05, 0.1) is 16.4 Å². The van der Waals surface area contributed by atoms with E-state index in [0.717, 1.165) is 6.26 Å². The summed E-state index contributed by atoms with van der Waals surface area (Å²) in [5, 5.41) is 10.7. The molecule has 7 nitrogen and oxygen atoms in total. The maximum atomic E-state index is 11.0. The molecule has 0 aliphatic heterocycles. The number of anilines is 1. The molecular formula is C9H13N3O4S2. The van der Waals surface area contributed by atoms with Gasteiger partial charge in [0.1, 0.15) is 9.84 Å². The fourth-order valence-corrected chi connectivity index (χ4v) is 3.36. The van der Waals surface area contributed by atoms with Gasteiger partial charge in [0.25, 0.3) is 5.69 Å². The third-order valence-corrected chi connectivity index (χ3v) is 4.17. The molecule has 0 heterocycles. The van der Waals surface area contributed by atoms with Gasteiger partial charge in [0.15, 0.2) is 0 Å². The summed E-state index contributed by atoms with van der Waals surface area (Å²) in [4.78, 5) is 10.8. The quantitative estimate of drug-likeness (QED) is 0.348. The van der Waals surface area contributed by atoms with Crippen LogP contribution in [0.25, 0.3) is 0 Å². The predicted molar refractivity (Wildman–Crippen MR) is 71.3 cm³/mol. The Balaban J connectivity index is 2.82. The highest BCUT2D eigenvalue weighted by Gasteiger charge is 2.10. The molecule has 0 saturated heterocycles. The number of nitrogens with two attached hydrogens (primary N) is 1. The van der Waals surface area contributed by atoms with Gasteiger partial charge in [-0.15, -0.1) is 11.8 Å². The van der Waals surface area contributed by atoms with Gasteiger partial charge in [-0.05, 0) is 6.07 Å². The van der Waals surface area contributed by atoms with Gasteiger partial charge in [-0.1, -0.05) is 0 Å². The van der Waals surface area contributed by atoms with E-state index < -0.39 is 14.8 Å². The maximum absolute atomic E-state index is 11.0. The average molecular weight is 291 g/mol. The van der Waals surface area contributed by atoms with Crippen molar-refractivity contribution < 1.29 is 13.3 Å². The molecule has 0 radical (unpaired) electrons. The first-order valence-electron chi connectivity index (χ1n) is 4.88. The molecule has 0 amide bonds. The van der Waals surface area contributed by atoms with Crippen LogP contribution in [0.5, 0.6) is 0 Å². The number of sulfone groups is 1. The van der Waals surface area contributed by atoms with E-state index >= 15 is 0 Å². The normalized spacial score (nSPS) is 11.2. The highest BCUT2D eigenvalue weighted by Crippen LogP contribution is 2.27. The summed E-state index contributed by atoms with van der Waals surface area (Å²) in [5.74, 6) is 5.56. The molecule has 0 fully saturated rings. The Morgan fingerprint density at radius 2 is 2.11 bits per heavy atom. The van der Waals surface area contributed by atoms with Crippen LogP contribution in [-0.4, -0.2) is 31.1 Å². The third kappa shape index (κ3) is 4.90. The van der Waals surface area contributed by atoms with E-state index in [0.29, 0.717) is 16.3 Å². The van der Waals surface area contributed by atoms with E-state index in [-0.39, 0.29) is 11.4 Å². The number of nitrogens with zero attached hydrogens (tertiary/aromatic N) is 1. The molecule has 1 rings (SSSR count). The fourth-order valence-electron chi connectivity index (χ4n) is 1.17. The molecule has 9 heteroatoms. The topological polar surface area (TPSA) is 115 Å². The first-order chi connectivity index (χ1) is 8.31. The lowest BCUT2D eigenvalue weighted by Gasteiger charge is -2.05. The first-order valence-corrected chi connectivity index (χ1v) is 7.93. The smallest absolute Gasteiger partial charge is 0.272 e. The van der Waals surface area contributed by atoms with Crippen LogP contribution >= 0.6 is 11.8 Å². The van der Waals surface area contributed by atoms with Gasteiger partial charge in [-0.2, -0.15) is 0 Å². The predicted octanol–water partition coefficient (Wildman–Crippen LogP) is 1.02. The summed E-state index contributed by atoms with van der Waals surface area (Å²) in [6.07, 6.45) is 1.15. The van der Waals surface area contributed by atoms with Crippen molar-refractivity contribution in [1.82, 2.24) is 0 Å². The molecule has 18 heavy (non-hydrogen) atoms. The van der Waals surface area contributed by atoms with Gasteiger partial charge in [0, 0.05) is 29.0 Å². The van der Waals surface area contributed by atoms with Gasteiger partial charge in [-0.3, -0.25) is 16.0 Å². The molecule has 0 aromatic heterocycles. The Bertz CT molecular complexity index is 545. The summed E-state index contributed by atoms with van der Waals surface area (Å²) < 4.78 is 21.9. The van der Waals surface area contributed by atoms with E-state index in [1.807, 2.05) is 0 Å². The van der Waals surface area contributed by atoms with Gasteiger partial charge in [0.2, 0.25) is 0 Å². The van der Waals surface area contributed by atoms with Gasteiger partial charge >= 0.3 is 0 Å². The molecule has 0 aliphatic carbocycles. The fraction of sp³-hybridized carbons (Fsp3) is 0.333. The summed E-state index contributed by atoms with van der Waals surface area (Å²) in [5.41, 5.74) is 2.65. The number of thioether (sulfide) groups is 1. The molecule has 0 atom stereocenters. The number of nitro groups is 1. The summed E-state index contributed by atoms with van der Waals surface area (Å²) in [6, 6.07) is 4.31. The van der Waals surface area contributed by atoms with Crippen molar-refractivity contribution in [2.45, 2.75) is 4.90 Å². The highest BCUT2D eigenvalue weighted by atomic mass is 32.2. The maximum Gasteiger partial charge on any atom is 0.272 e. The minimum Gasteiger partial charge on any atom is -0.324 e. The number of nitrogens with one attached hydrogen (secondary N) is 1. The number of nitro benzene ring substituents is 1. The lowest BCUT2D eigenvalue weighted by atomic mass is 10.3. The van der Waals surface area contributed by atoms with E-state index in [1.165, 1.54) is 23.9 Å². The summed E-state index contributed by atoms with van der Waals surface area (Å²) in [6.45, 7) is 0. The van der Waals surface area contributed by atoms with Crippen molar-refractivity contribution >= 4 is 33.0 Å². The van der Waals surface area contributed by atoms with E-state index in [2.05, 4.69) is 5.43 Å². The number of non-ortho nitro benzene ring substituents is 1. The molecule has 1 aromatic rings. The van der Waals surface area contributed by atoms with Crippen molar-refractivity contribution in [1.29, 1.82) is 0 Å². The van der Waals surface area contributed by atoms with E-state index in [4.69, 9.17) is 5.84 Å². The Morgan fingerprint density at radius 1 is 1.44 bits per heavy atom. The average Bonchev–Trinajstić information content (AvgIpc) is 2.26. The monoisotopic (exact) mass is 291 g/mol. The molecule has 0 unspecified atom stereocenters. The Labute approximate surface area is 109 Å². The number of rotatable bonds is 6. The Hall–Kier alpha value is -1.32. The molecule has 1 aromatic carbocycles. The first kappa shape index (κ1) is 14.7. The van der Waals surface area contributed by atoms with Crippen molar-refractivity contribution in [3.63, 3.8) is 0 Å². The van der Waals surface area contributed by atoms with Crippen molar-refractivity contribution in [3.8, 4) is 0 Å². The highest BCUT2D eigenvalue weighted by molar-refractivity contribution is 8.00. The van der Waals surface area contributed by atoms with E-state index in [9.17, 15) is 18.5 Å². The van der Waals surface area contributed by atoms with Crippen LogP contribution in [0.4, 0.5) is 11.4 Å². The number of nitrogen functional groups attached to an aromatic ring is 1. The summed E-state index contributed by atoms with van der Waals surface area (Å²) in [7, 11) is -3.03. The number of hydrogen-bond donors (Lipinski definition) is 2. The second kappa shape index (κ2) is 6.03. The molecule has 0 bridgehead atoms. The van der Waals surface area contributed by atoms with Gasteiger partial charge in [-0.25, -0.2) is 8.42 Å². The van der Waals surface area contributed by atoms with Gasteiger partial charge < -0.3 is 5.43 Å². The molecular weight excluding hydrogens is 278 g/mol. The van der Waals surface area contributed by atoms with Crippen LogP contribution < -0.4 is 11.3 Å². The number of benzene rings is 1. The van der Waals surface area contributed by atoms with Crippen LogP contribution in [0.15, 0.2) is 23.1 Å². The van der Waals surface area contributed by atoms with Crippen molar-refractivity contribution in [3.05, 3.63) is 28.3 Å². The van der Waals surface area contributed by atoms with Crippen LogP contribution in [-0.2, 0) is 9.84 Å². The van der Waals surface area contributed by atoms with Crippen LogP contribution in [0.1, 0.15) is 0 Å². The molecule has 0 spiro atoms. The van der Waals surface area contributed by atoms with E-state index in [1.54, 1.807) is 6.07 Å². The molecule has 0 aliphatic rings. The number of hydrazine groups is 1. The Kier molecular flexibility index (Phi) is 4.93. The third-order valence-electron chi connectivity index (χ3n) is 1.99. The largest absolute Gasteiger partial charge is 0.324 e. The minimum absolute atomic E-state index is 0.0196. The molecule has 3 N–H and O–H groups in total. The SMILES string of the molecule is CS(=O)(=O)CCSc1cc(NN)cc([N+](=O)[O-])c1. The van der Waals surface area contributed by atoms with Crippen LogP contribution in [0.3, 0.4) is 0 Å².